The second kappa shape index (κ2) is 6.96. The number of likely N-dealkylation sites (tertiary alicyclic amines) is 1. The van der Waals surface area contributed by atoms with Crippen LogP contribution >= 0.6 is 22.9 Å². The Hall–Kier alpha value is -1.60. The summed E-state index contributed by atoms with van der Waals surface area (Å²) in [5.74, 6) is 1.53. The third kappa shape index (κ3) is 4.15. The third-order valence-corrected chi connectivity index (χ3v) is 5.24. The molecule has 25 heavy (non-hydrogen) atoms. The first kappa shape index (κ1) is 18.2. The Morgan fingerprint density at radius 1 is 1.32 bits per heavy atom. The van der Waals surface area contributed by atoms with Crippen molar-refractivity contribution >= 4 is 29.0 Å². The first-order chi connectivity index (χ1) is 11.7. The highest BCUT2D eigenvalue weighted by atomic mass is 35.5. The van der Waals surface area contributed by atoms with Crippen LogP contribution in [-0.2, 0) is 4.74 Å². The van der Waals surface area contributed by atoms with Crippen molar-refractivity contribution in [3.8, 4) is 11.4 Å². The normalized spacial score (nSPS) is 16.3. The van der Waals surface area contributed by atoms with Crippen molar-refractivity contribution in [2.75, 3.05) is 13.1 Å². The molecule has 1 aliphatic rings. The molecule has 0 aliphatic carbocycles. The maximum absolute atomic E-state index is 12.2. The van der Waals surface area contributed by atoms with E-state index in [0.29, 0.717) is 18.1 Å². The standard InChI is InChI=1S/C17H23ClN4O2S/c1-11-19-15(13-9-25-10-14(13)18)22(20-11)12-5-7-21(8-6-12)16(23)24-17(2,3)4/h9-10,12H,5-8H2,1-4H3. The molecule has 0 N–H and O–H groups in total. The minimum Gasteiger partial charge on any atom is -0.444 e. The zero-order chi connectivity index (χ0) is 18.2. The lowest BCUT2D eigenvalue weighted by atomic mass is 10.1. The zero-order valence-electron chi connectivity index (χ0n) is 15.0. The highest BCUT2D eigenvalue weighted by Gasteiger charge is 2.29. The first-order valence-electron chi connectivity index (χ1n) is 8.38. The van der Waals surface area contributed by atoms with Crippen molar-refractivity contribution in [2.24, 2.45) is 0 Å². The van der Waals surface area contributed by atoms with Crippen molar-refractivity contribution in [2.45, 2.75) is 52.2 Å². The highest BCUT2D eigenvalue weighted by molar-refractivity contribution is 7.08. The van der Waals surface area contributed by atoms with E-state index in [1.165, 1.54) is 0 Å². The Labute approximate surface area is 156 Å². The lowest BCUT2D eigenvalue weighted by Crippen LogP contribution is -2.42. The van der Waals surface area contributed by atoms with Crippen LogP contribution in [0, 0.1) is 6.92 Å². The molecule has 0 aromatic carbocycles. The van der Waals surface area contributed by atoms with Gasteiger partial charge in [0, 0.05) is 29.4 Å². The van der Waals surface area contributed by atoms with Gasteiger partial charge < -0.3 is 9.64 Å². The zero-order valence-corrected chi connectivity index (χ0v) is 16.5. The van der Waals surface area contributed by atoms with Gasteiger partial charge in [0.1, 0.15) is 11.4 Å². The van der Waals surface area contributed by atoms with E-state index in [0.717, 1.165) is 30.1 Å². The molecule has 0 spiro atoms. The second-order valence-corrected chi connectivity index (χ2v) is 8.41. The molecule has 1 aliphatic heterocycles. The maximum Gasteiger partial charge on any atom is 0.410 e. The van der Waals surface area contributed by atoms with E-state index in [2.05, 4.69) is 10.1 Å². The number of hydrogen-bond donors (Lipinski definition) is 0. The second-order valence-electron chi connectivity index (χ2n) is 7.26. The molecule has 3 rings (SSSR count). The number of ether oxygens (including phenoxy) is 1. The van der Waals surface area contributed by atoms with E-state index in [-0.39, 0.29) is 12.1 Å². The SMILES string of the molecule is Cc1nc(-c2cscc2Cl)n(C2CCN(C(=O)OC(C)(C)C)CC2)n1. The Morgan fingerprint density at radius 3 is 2.56 bits per heavy atom. The van der Waals surface area contributed by atoms with Crippen LogP contribution in [0.4, 0.5) is 4.79 Å². The molecule has 2 aromatic rings. The summed E-state index contributed by atoms with van der Waals surface area (Å²) in [4.78, 5) is 18.5. The fourth-order valence-electron chi connectivity index (χ4n) is 2.93. The molecule has 0 unspecified atom stereocenters. The van der Waals surface area contributed by atoms with Gasteiger partial charge >= 0.3 is 6.09 Å². The number of halogens is 1. The topological polar surface area (TPSA) is 60.2 Å². The van der Waals surface area contributed by atoms with E-state index in [9.17, 15) is 4.79 Å². The molecule has 8 heteroatoms. The molecule has 3 heterocycles. The van der Waals surface area contributed by atoms with Crippen LogP contribution in [0.3, 0.4) is 0 Å². The van der Waals surface area contributed by atoms with Crippen molar-refractivity contribution in [1.82, 2.24) is 19.7 Å². The van der Waals surface area contributed by atoms with Gasteiger partial charge in [-0.1, -0.05) is 11.6 Å². The van der Waals surface area contributed by atoms with Gasteiger partial charge in [0.25, 0.3) is 0 Å². The fraction of sp³-hybridized carbons (Fsp3) is 0.588. The number of aromatic nitrogens is 3. The molecule has 0 bridgehead atoms. The Morgan fingerprint density at radius 2 is 2.00 bits per heavy atom. The Balaban J connectivity index is 1.72. The number of thiophene rings is 1. The van der Waals surface area contributed by atoms with E-state index >= 15 is 0 Å². The number of carbonyl (C=O) groups is 1. The summed E-state index contributed by atoms with van der Waals surface area (Å²) in [7, 11) is 0. The monoisotopic (exact) mass is 382 g/mol. The average molecular weight is 383 g/mol. The van der Waals surface area contributed by atoms with Crippen molar-refractivity contribution in [1.29, 1.82) is 0 Å². The highest BCUT2D eigenvalue weighted by Crippen LogP contribution is 2.33. The summed E-state index contributed by atoms with van der Waals surface area (Å²) in [6.07, 6.45) is 1.38. The molecule has 1 amide bonds. The van der Waals surface area contributed by atoms with Crippen LogP contribution in [0.1, 0.15) is 45.5 Å². The van der Waals surface area contributed by atoms with Gasteiger partial charge in [-0.15, -0.1) is 0 Å². The average Bonchev–Trinajstić information content (AvgIpc) is 3.11. The molecule has 6 nitrogen and oxygen atoms in total. The Kier molecular flexibility index (Phi) is 5.06. The minimum absolute atomic E-state index is 0.200. The summed E-state index contributed by atoms with van der Waals surface area (Å²) in [6.45, 7) is 8.83. The summed E-state index contributed by atoms with van der Waals surface area (Å²) in [5, 5.41) is 9.17. The summed E-state index contributed by atoms with van der Waals surface area (Å²) >= 11 is 7.83. The first-order valence-corrected chi connectivity index (χ1v) is 9.70. The largest absolute Gasteiger partial charge is 0.444 e. The van der Waals surface area contributed by atoms with E-state index in [1.54, 1.807) is 16.2 Å². The van der Waals surface area contributed by atoms with Crippen LogP contribution in [-0.4, -0.2) is 44.4 Å². The molecule has 1 fully saturated rings. The molecule has 1 saturated heterocycles. The van der Waals surface area contributed by atoms with Crippen molar-refractivity contribution in [3.63, 3.8) is 0 Å². The minimum atomic E-state index is -0.472. The summed E-state index contributed by atoms with van der Waals surface area (Å²) in [6, 6.07) is 0.200. The molecular weight excluding hydrogens is 360 g/mol. The smallest absolute Gasteiger partial charge is 0.410 e. The summed E-state index contributed by atoms with van der Waals surface area (Å²) in [5.41, 5.74) is 0.446. The lowest BCUT2D eigenvalue weighted by Gasteiger charge is -2.33. The number of aryl methyl sites for hydroxylation is 1. The van der Waals surface area contributed by atoms with Crippen LogP contribution in [0.25, 0.3) is 11.4 Å². The third-order valence-electron chi connectivity index (χ3n) is 4.05. The summed E-state index contributed by atoms with van der Waals surface area (Å²) < 4.78 is 7.42. The number of amides is 1. The number of rotatable bonds is 2. The number of carbonyl (C=O) groups excluding carboxylic acids is 1. The Bertz CT molecular complexity index is 757. The molecular formula is C17H23ClN4O2S. The van der Waals surface area contributed by atoms with Gasteiger partial charge in [-0.2, -0.15) is 16.4 Å². The van der Waals surface area contributed by atoms with Gasteiger partial charge in [0.05, 0.1) is 11.1 Å². The fourth-order valence-corrected chi connectivity index (χ4v) is 3.97. The van der Waals surface area contributed by atoms with Crippen LogP contribution in [0.15, 0.2) is 10.8 Å². The van der Waals surface area contributed by atoms with Gasteiger partial charge in [-0.3, -0.25) is 0 Å². The van der Waals surface area contributed by atoms with Crippen LogP contribution in [0.5, 0.6) is 0 Å². The van der Waals surface area contributed by atoms with Gasteiger partial charge in [-0.05, 0) is 40.5 Å². The molecule has 2 aromatic heterocycles. The number of nitrogens with zero attached hydrogens (tertiary/aromatic N) is 4. The number of hydrogen-bond acceptors (Lipinski definition) is 5. The lowest BCUT2D eigenvalue weighted by molar-refractivity contribution is 0.0185. The van der Waals surface area contributed by atoms with E-state index < -0.39 is 5.60 Å². The quantitative estimate of drug-likeness (QED) is 0.764. The molecule has 0 saturated carbocycles. The predicted octanol–water partition coefficient (Wildman–Crippen LogP) is 4.54. The maximum atomic E-state index is 12.2. The van der Waals surface area contributed by atoms with Gasteiger partial charge in [0.2, 0.25) is 0 Å². The number of piperidine rings is 1. The predicted molar refractivity (Wildman–Crippen MR) is 99.2 cm³/mol. The molecule has 0 radical (unpaired) electrons. The molecule has 136 valence electrons. The van der Waals surface area contributed by atoms with Crippen LogP contribution in [0.2, 0.25) is 5.02 Å². The van der Waals surface area contributed by atoms with Gasteiger partial charge in [-0.25, -0.2) is 14.5 Å². The van der Waals surface area contributed by atoms with Gasteiger partial charge in [0.15, 0.2) is 5.82 Å². The molecule has 0 atom stereocenters. The van der Waals surface area contributed by atoms with E-state index in [1.807, 2.05) is 43.1 Å². The van der Waals surface area contributed by atoms with Crippen molar-refractivity contribution < 1.29 is 9.53 Å². The van der Waals surface area contributed by atoms with Crippen molar-refractivity contribution in [3.05, 3.63) is 21.6 Å². The van der Waals surface area contributed by atoms with Crippen LogP contribution < -0.4 is 0 Å². The van der Waals surface area contributed by atoms with E-state index in [4.69, 9.17) is 16.3 Å².